The normalized spacial score (nSPS) is 30.2. The third kappa shape index (κ3) is 5.68. The summed E-state index contributed by atoms with van der Waals surface area (Å²) in [5.74, 6) is 3.26. The largest absolute Gasteiger partial charge is 0.349 e. The number of hydrogen-bond donors (Lipinski definition) is 3. The molecule has 0 spiro atoms. The minimum Gasteiger partial charge on any atom is -0.338 e. The van der Waals surface area contributed by atoms with Gasteiger partial charge in [0, 0.05) is 58.1 Å². The lowest BCUT2D eigenvalue weighted by Crippen LogP contribution is -2.58. The van der Waals surface area contributed by atoms with E-state index in [-0.39, 0.29) is 29.5 Å². The maximum absolute atomic E-state index is 12.8. The molecular weight excluding hydrogens is 472 g/mol. The van der Waals surface area contributed by atoms with Crippen LogP contribution in [0.2, 0.25) is 0 Å². The number of likely N-dealkylation sites (tertiary alicyclic amines) is 1. The first kappa shape index (κ1) is 26.1. The Labute approximate surface area is 218 Å². The highest BCUT2D eigenvalue weighted by Gasteiger charge is 2.54. The van der Waals surface area contributed by atoms with Crippen molar-refractivity contribution < 1.29 is 9.59 Å². The number of fused-ring (bicyclic) bond motifs is 1. The number of nitrogens with zero attached hydrogens (tertiary/aromatic N) is 5. The molecule has 1 aromatic rings. The molecule has 5 rings (SSSR count). The van der Waals surface area contributed by atoms with Gasteiger partial charge in [0.1, 0.15) is 5.82 Å². The van der Waals surface area contributed by atoms with Crippen molar-refractivity contribution in [2.24, 2.45) is 35.1 Å². The van der Waals surface area contributed by atoms with Crippen LogP contribution in [0.5, 0.6) is 0 Å². The molecule has 1 unspecified atom stereocenters. The number of carbonyl (C=O) groups excluding carboxylic acids is 2. The molecule has 4 aliphatic rings. The van der Waals surface area contributed by atoms with E-state index in [4.69, 9.17) is 11.5 Å². The zero-order chi connectivity index (χ0) is 26.3. The second kappa shape index (κ2) is 10.3. The highest BCUT2D eigenvalue weighted by Crippen LogP contribution is 2.51. The number of urea groups is 1. The molecule has 5 N–H and O–H groups in total. The molecule has 2 saturated heterocycles. The van der Waals surface area contributed by atoms with Gasteiger partial charge in [-0.25, -0.2) is 9.59 Å². The van der Waals surface area contributed by atoms with Gasteiger partial charge in [-0.1, -0.05) is 0 Å². The summed E-state index contributed by atoms with van der Waals surface area (Å²) in [6, 6.07) is 1.54. The number of aromatic nitrogens is 2. The van der Waals surface area contributed by atoms with Crippen LogP contribution in [0.15, 0.2) is 17.1 Å². The summed E-state index contributed by atoms with van der Waals surface area (Å²) in [5.41, 5.74) is 10.5. The maximum atomic E-state index is 12.8. The monoisotopic (exact) mass is 514 g/mol. The molecule has 2 saturated carbocycles. The summed E-state index contributed by atoms with van der Waals surface area (Å²) in [6.07, 6.45) is 5.96. The van der Waals surface area contributed by atoms with Crippen molar-refractivity contribution in [1.82, 2.24) is 24.3 Å². The second-order valence-corrected chi connectivity index (χ2v) is 12.1. The van der Waals surface area contributed by atoms with Crippen LogP contribution < -0.4 is 22.5 Å². The number of amides is 3. The molecule has 0 aromatic carbocycles. The Morgan fingerprint density at radius 1 is 1.05 bits per heavy atom. The van der Waals surface area contributed by atoms with E-state index in [2.05, 4.69) is 15.2 Å². The van der Waals surface area contributed by atoms with Crippen LogP contribution in [0.4, 0.5) is 10.6 Å². The van der Waals surface area contributed by atoms with E-state index in [0.29, 0.717) is 32.1 Å². The van der Waals surface area contributed by atoms with Gasteiger partial charge in [0.15, 0.2) is 0 Å². The minimum atomic E-state index is -0.930. The lowest BCUT2D eigenvalue weighted by molar-refractivity contribution is -0.137. The van der Waals surface area contributed by atoms with Crippen molar-refractivity contribution in [3.63, 3.8) is 0 Å². The summed E-state index contributed by atoms with van der Waals surface area (Å²) in [4.78, 5) is 47.9. The van der Waals surface area contributed by atoms with E-state index in [1.807, 2.05) is 0 Å². The smallest absolute Gasteiger partial charge is 0.338 e. The molecule has 3 atom stereocenters. The van der Waals surface area contributed by atoms with E-state index in [0.717, 1.165) is 50.0 Å². The highest BCUT2D eigenvalue weighted by molar-refractivity contribution is 5.89. The van der Waals surface area contributed by atoms with Gasteiger partial charge in [-0.15, -0.1) is 0 Å². The number of carbonyl (C=O) groups is 2. The van der Waals surface area contributed by atoms with Gasteiger partial charge in [-0.2, -0.15) is 4.98 Å². The van der Waals surface area contributed by atoms with Crippen molar-refractivity contribution in [2.45, 2.75) is 51.1 Å². The standard InChI is InChI=1S/C26H42N8O3/c1-26(2,28)23(35)32-9-11-33(12-10-32)24(36)29-22-7-8-34(25(37)30-22)18-5-3-17(4-6-18)14-31-15-20-19(13-27)21(20)16-31/h7-8,17-21H,3-6,9-16,27-28H2,1-2H3,(H,29,30,36,37)/t17?,18?,19?,20-,21+. The van der Waals surface area contributed by atoms with E-state index in [1.54, 1.807) is 40.5 Å². The van der Waals surface area contributed by atoms with Gasteiger partial charge >= 0.3 is 11.7 Å². The van der Waals surface area contributed by atoms with Crippen LogP contribution in [-0.2, 0) is 4.79 Å². The fraction of sp³-hybridized carbons (Fsp3) is 0.769. The molecule has 3 heterocycles. The summed E-state index contributed by atoms with van der Waals surface area (Å²) in [5, 5.41) is 2.74. The van der Waals surface area contributed by atoms with E-state index < -0.39 is 5.54 Å². The average molecular weight is 515 g/mol. The highest BCUT2D eigenvalue weighted by atomic mass is 16.2. The molecule has 0 radical (unpaired) electrons. The molecular formula is C26H42N8O3. The Morgan fingerprint density at radius 3 is 2.24 bits per heavy atom. The van der Waals surface area contributed by atoms with E-state index in [9.17, 15) is 14.4 Å². The number of nitrogens with two attached hydrogens (primary N) is 2. The lowest BCUT2D eigenvalue weighted by Gasteiger charge is -2.37. The number of rotatable bonds is 6. The van der Waals surface area contributed by atoms with Crippen molar-refractivity contribution >= 4 is 17.8 Å². The third-order valence-electron chi connectivity index (χ3n) is 8.92. The topological polar surface area (TPSA) is 143 Å². The molecule has 3 amide bonds. The van der Waals surface area contributed by atoms with E-state index in [1.165, 1.54) is 19.6 Å². The molecule has 0 bridgehead atoms. The fourth-order valence-corrected chi connectivity index (χ4v) is 6.68. The first-order chi connectivity index (χ1) is 17.6. The first-order valence-corrected chi connectivity index (χ1v) is 13.8. The van der Waals surface area contributed by atoms with Gasteiger partial charge in [-0.3, -0.25) is 14.7 Å². The number of piperazine rings is 1. The number of piperidine rings is 1. The van der Waals surface area contributed by atoms with Crippen LogP contribution in [0.1, 0.15) is 45.6 Å². The second-order valence-electron chi connectivity index (χ2n) is 12.1. The van der Waals surface area contributed by atoms with Gasteiger partial charge in [0.05, 0.1) is 5.54 Å². The molecule has 2 aliphatic heterocycles. The SMILES string of the molecule is CC(C)(N)C(=O)N1CCN(C(=O)Nc2ccn(C3CCC(CN4C[C@@H]5C(CN)[C@@H]5C4)CC3)c(=O)n2)CC1. The number of hydrogen-bond acceptors (Lipinski definition) is 7. The van der Waals surface area contributed by atoms with Crippen LogP contribution in [-0.4, -0.2) is 94.1 Å². The quantitative estimate of drug-likeness (QED) is 0.502. The van der Waals surface area contributed by atoms with Crippen molar-refractivity contribution in [2.75, 3.05) is 57.7 Å². The molecule has 37 heavy (non-hydrogen) atoms. The minimum absolute atomic E-state index is 0.125. The Bertz CT molecular complexity index is 1040. The Kier molecular flexibility index (Phi) is 7.30. The van der Waals surface area contributed by atoms with Gasteiger partial charge in [0.2, 0.25) is 5.91 Å². The Hall–Kier alpha value is -2.50. The molecule has 11 nitrogen and oxygen atoms in total. The third-order valence-corrected chi connectivity index (χ3v) is 8.92. The molecule has 1 aromatic heterocycles. The zero-order valence-corrected chi connectivity index (χ0v) is 22.1. The van der Waals surface area contributed by atoms with Crippen LogP contribution in [0.3, 0.4) is 0 Å². The zero-order valence-electron chi connectivity index (χ0n) is 22.1. The average Bonchev–Trinajstić information content (AvgIpc) is 3.36. The van der Waals surface area contributed by atoms with E-state index >= 15 is 0 Å². The summed E-state index contributed by atoms with van der Waals surface area (Å²) < 4.78 is 1.72. The lowest BCUT2D eigenvalue weighted by atomic mass is 9.85. The summed E-state index contributed by atoms with van der Waals surface area (Å²) in [6.45, 7) is 9.46. The molecule has 2 aliphatic carbocycles. The summed E-state index contributed by atoms with van der Waals surface area (Å²) >= 11 is 0. The predicted molar refractivity (Wildman–Crippen MR) is 141 cm³/mol. The van der Waals surface area contributed by atoms with Gasteiger partial charge in [-0.05, 0) is 75.8 Å². The summed E-state index contributed by atoms with van der Waals surface area (Å²) in [7, 11) is 0. The van der Waals surface area contributed by atoms with Crippen LogP contribution in [0.25, 0.3) is 0 Å². The molecule has 4 fully saturated rings. The number of nitrogens with one attached hydrogen (secondary N) is 1. The molecule has 204 valence electrons. The van der Waals surface area contributed by atoms with Crippen LogP contribution in [0, 0.1) is 23.7 Å². The number of anilines is 1. The molecule has 11 heteroatoms. The predicted octanol–water partition coefficient (Wildman–Crippen LogP) is 0.525. The van der Waals surface area contributed by atoms with Crippen molar-refractivity contribution in [3.05, 3.63) is 22.7 Å². The Balaban J connectivity index is 1.07. The first-order valence-electron chi connectivity index (χ1n) is 13.8. The van der Waals surface area contributed by atoms with Crippen LogP contribution >= 0.6 is 0 Å². The Morgan fingerprint density at radius 2 is 1.68 bits per heavy atom. The maximum Gasteiger partial charge on any atom is 0.349 e. The van der Waals surface area contributed by atoms with Crippen molar-refractivity contribution in [1.29, 1.82) is 0 Å². The van der Waals surface area contributed by atoms with Gasteiger partial charge in [0.25, 0.3) is 0 Å². The van der Waals surface area contributed by atoms with Gasteiger partial charge < -0.3 is 26.2 Å². The van der Waals surface area contributed by atoms with Crippen molar-refractivity contribution in [3.8, 4) is 0 Å². The fourth-order valence-electron chi connectivity index (χ4n) is 6.68.